The number of hydrogen-bond acceptors (Lipinski definition) is 4. The van der Waals surface area contributed by atoms with Gasteiger partial charge in [-0.25, -0.2) is 0 Å². The summed E-state index contributed by atoms with van der Waals surface area (Å²) in [6, 6.07) is 17.4. The Hall–Kier alpha value is -3.14. The smallest absolute Gasteiger partial charge is 0.187 e. The zero-order valence-electron chi connectivity index (χ0n) is 11.9. The summed E-state index contributed by atoms with van der Waals surface area (Å²) >= 11 is 0. The molecule has 4 heteroatoms. The number of ketones is 2. The topological polar surface area (TPSA) is 86.2 Å². The van der Waals surface area contributed by atoms with Gasteiger partial charge in [0.2, 0.25) is 0 Å². The van der Waals surface area contributed by atoms with Crippen molar-refractivity contribution in [1.82, 2.24) is 0 Å². The standard InChI is InChI=1S/C18H16N2O2/c19-15(11-17(21)13-7-3-1-4-8-13)16(20)12-18(22)14-9-5-2-6-10-14/h1-12H,19-20H2/b15-11-,16-12-. The average molecular weight is 292 g/mol. The molecule has 0 heterocycles. The first-order valence-corrected chi connectivity index (χ1v) is 6.71. The maximum absolute atomic E-state index is 12.0. The molecule has 110 valence electrons. The zero-order valence-corrected chi connectivity index (χ0v) is 11.9. The van der Waals surface area contributed by atoms with Crippen LogP contribution in [0.4, 0.5) is 0 Å². The number of carbonyl (C=O) groups excluding carboxylic acids is 2. The molecule has 0 aliphatic carbocycles. The van der Waals surface area contributed by atoms with E-state index in [2.05, 4.69) is 0 Å². The second kappa shape index (κ2) is 7.04. The third kappa shape index (κ3) is 3.93. The van der Waals surface area contributed by atoms with Crippen molar-refractivity contribution in [3.8, 4) is 0 Å². The first-order chi connectivity index (χ1) is 10.6. The summed E-state index contributed by atoms with van der Waals surface area (Å²) in [5.41, 5.74) is 12.7. The summed E-state index contributed by atoms with van der Waals surface area (Å²) < 4.78 is 0. The van der Waals surface area contributed by atoms with Crippen LogP contribution in [0.1, 0.15) is 20.7 Å². The lowest BCUT2D eigenvalue weighted by Gasteiger charge is -2.02. The van der Waals surface area contributed by atoms with E-state index >= 15 is 0 Å². The molecule has 0 atom stereocenters. The largest absolute Gasteiger partial charge is 0.397 e. The van der Waals surface area contributed by atoms with Crippen molar-refractivity contribution >= 4 is 11.6 Å². The molecule has 0 bridgehead atoms. The minimum Gasteiger partial charge on any atom is -0.397 e. The average Bonchev–Trinajstić information content (AvgIpc) is 2.56. The van der Waals surface area contributed by atoms with Gasteiger partial charge >= 0.3 is 0 Å². The highest BCUT2D eigenvalue weighted by Crippen LogP contribution is 2.07. The van der Waals surface area contributed by atoms with Crippen molar-refractivity contribution < 1.29 is 9.59 Å². The zero-order chi connectivity index (χ0) is 15.9. The quantitative estimate of drug-likeness (QED) is 0.503. The first-order valence-electron chi connectivity index (χ1n) is 6.71. The van der Waals surface area contributed by atoms with Crippen LogP contribution < -0.4 is 11.5 Å². The molecule has 0 unspecified atom stereocenters. The number of allylic oxidation sites excluding steroid dienone is 2. The van der Waals surface area contributed by atoms with Crippen LogP contribution in [0.3, 0.4) is 0 Å². The molecule has 0 aliphatic rings. The van der Waals surface area contributed by atoms with E-state index in [0.717, 1.165) is 0 Å². The molecular weight excluding hydrogens is 276 g/mol. The predicted molar refractivity (Wildman–Crippen MR) is 86.1 cm³/mol. The van der Waals surface area contributed by atoms with Crippen molar-refractivity contribution in [2.45, 2.75) is 0 Å². The summed E-state index contributed by atoms with van der Waals surface area (Å²) in [5, 5.41) is 0. The highest BCUT2D eigenvalue weighted by molar-refractivity contribution is 6.07. The van der Waals surface area contributed by atoms with Gasteiger partial charge in [-0.2, -0.15) is 0 Å². The maximum atomic E-state index is 12.0. The van der Waals surface area contributed by atoms with E-state index in [-0.39, 0.29) is 23.0 Å². The van der Waals surface area contributed by atoms with Crippen LogP contribution in [-0.2, 0) is 0 Å². The number of benzene rings is 2. The van der Waals surface area contributed by atoms with E-state index in [1.807, 2.05) is 12.1 Å². The normalized spacial score (nSPS) is 12.0. The van der Waals surface area contributed by atoms with Crippen LogP contribution in [-0.4, -0.2) is 11.6 Å². The van der Waals surface area contributed by atoms with Crippen molar-refractivity contribution in [2.75, 3.05) is 0 Å². The SMILES string of the molecule is NC(=C\C(=O)c1ccccc1)/C(N)=C/C(=O)c1ccccc1. The molecule has 4 nitrogen and oxygen atoms in total. The van der Waals surface area contributed by atoms with Gasteiger partial charge in [-0.05, 0) is 0 Å². The van der Waals surface area contributed by atoms with Gasteiger partial charge in [0.15, 0.2) is 11.6 Å². The molecular formula is C18H16N2O2. The molecule has 2 rings (SSSR count). The number of hydrogen-bond donors (Lipinski definition) is 2. The fourth-order valence-electron chi connectivity index (χ4n) is 1.82. The predicted octanol–water partition coefficient (Wildman–Crippen LogP) is 2.44. The third-order valence-electron chi connectivity index (χ3n) is 3.02. The molecule has 0 saturated heterocycles. The van der Waals surface area contributed by atoms with E-state index in [4.69, 9.17) is 11.5 Å². The lowest BCUT2D eigenvalue weighted by Crippen LogP contribution is -2.13. The van der Waals surface area contributed by atoms with Crippen LogP contribution >= 0.6 is 0 Å². The Morgan fingerprint density at radius 3 is 1.27 bits per heavy atom. The highest BCUT2D eigenvalue weighted by atomic mass is 16.1. The van der Waals surface area contributed by atoms with Gasteiger partial charge in [-0.3, -0.25) is 9.59 Å². The fourth-order valence-corrected chi connectivity index (χ4v) is 1.82. The summed E-state index contributed by atoms with van der Waals surface area (Å²) in [6.07, 6.45) is 2.44. The van der Waals surface area contributed by atoms with Crippen molar-refractivity contribution in [1.29, 1.82) is 0 Å². The van der Waals surface area contributed by atoms with Crippen molar-refractivity contribution in [3.63, 3.8) is 0 Å². The monoisotopic (exact) mass is 292 g/mol. The Balaban J connectivity index is 2.16. The summed E-state index contributed by atoms with van der Waals surface area (Å²) in [4.78, 5) is 24.0. The molecule has 0 saturated carbocycles. The van der Waals surface area contributed by atoms with Crippen molar-refractivity contribution in [3.05, 3.63) is 95.3 Å². The molecule has 0 fully saturated rings. The van der Waals surface area contributed by atoms with E-state index < -0.39 is 0 Å². The molecule has 4 N–H and O–H groups in total. The molecule has 0 spiro atoms. The fraction of sp³-hybridized carbons (Fsp3) is 0. The summed E-state index contributed by atoms with van der Waals surface area (Å²) in [5.74, 6) is -0.525. The third-order valence-corrected chi connectivity index (χ3v) is 3.02. The molecule has 0 amide bonds. The van der Waals surface area contributed by atoms with E-state index in [1.165, 1.54) is 12.2 Å². The van der Waals surface area contributed by atoms with Crippen LogP contribution in [0.5, 0.6) is 0 Å². The number of rotatable bonds is 5. The van der Waals surface area contributed by atoms with Gasteiger partial charge in [0.05, 0.1) is 11.4 Å². The van der Waals surface area contributed by atoms with Crippen molar-refractivity contribution in [2.24, 2.45) is 11.5 Å². The Morgan fingerprint density at radius 2 is 0.955 bits per heavy atom. The lowest BCUT2D eigenvalue weighted by atomic mass is 10.1. The van der Waals surface area contributed by atoms with Gasteiger partial charge < -0.3 is 11.5 Å². The Labute approximate surface area is 128 Å². The maximum Gasteiger partial charge on any atom is 0.187 e. The van der Waals surface area contributed by atoms with E-state index in [0.29, 0.717) is 11.1 Å². The van der Waals surface area contributed by atoms with E-state index in [9.17, 15) is 9.59 Å². The second-order valence-corrected chi connectivity index (χ2v) is 4.66. The van der Waals surface area contributed by atoms with Gasteiger partial charge in [0.25, 0.3) is 0 Å². The van der Waals surface area contributed by atoms with Gasteiger partial charge in [-0.15, -0.1) is 0 Å². The molecule has 2 aromatic carbocycles. The number of nitrogens with two attached hydrogens (primary N) is 2. The Kier molecular flexibility index (Phi) is 4.88. The Morgan fingerprint density at radius 1 is 0.636 bits per heavy atom. The van der Waals surface area contributed by atoms with Gasteiger partial charge in [0, 0.05) is 23.3 Å². The molecule has 22 heavy (non-hydrogen) atoms. The number of carbonyl (C=O) groups is 2. The molecule has 0 aliphatic heterocycles. The van der Waals surface area contributed by atoms with Gasteiger partial charge in [-0.1, -0.05) is 60.7 Å². The summed E-state index contributed by atoms with van der Waals surface area (Å²) in [7, 11) is 0. The lowest BCUT2D eigenvalue weighted by molar-refractivity contribution is 0.103. The second-order valence-electron chi connectivity index (χ2n) is 4.66. The molecule has 0 aromatic heterocycles. The summed E-state index contributed by atoms with van der Waals surface area (Å²) in [6.45, 7) is 0. The molecule has 0 radical (unpaired) electrons. The van der Waals surface area contributed by atoms with Crippen LogP contribution in [0.2, 0.25) is 0 Å². The van der Waals surface area contributed by atoms with Crippen LogP contribution in [0.25, 0.3) is 0 Å². The highest BCUT2D eigenvalue weighted by Gasteiger charge is 2.07. The Bertz CT molecular complexity index is 667. The van der Waals surface area contributed by atoms with Crippen LogP contribution in [0, 0.1) is 0 Å². The van der Waals surface area contributed by atoms with Crippen LogP contribution in [0.15, 0.2) is 84.2 Å². The first kappa shape index (κ1) is 15.3. The van der Waals surface area contributed by atoms with E-state index in [1.54, 1.807) is 48.5 Å². The minimum atomic E-state index is -0.262. The minimum absolute atomic E-state index is 0.0677. The molecule has 2 aromatic rings. The van der Waals surface area contributed by atoms with Gasteiger partial charge in [0.1, 0.15) is 0 Å².